The number of hydrogen-bond acceptors (Lipinski definition) is 2. The van der Waals surface area contributed by atoms with Gasteiger partial charge in [-0.25, -0.2) is 0 Å². The zero-order chi connectivity index (χ0) is 14.1. The summed E-state index contributed by atoms with van der Waals surface area (Å²) in [6, 6.07) is 19.2. The van der Waals surface area contributed by atoms with E-state index >= 15 is 0 Å². The minimum atomic E-state index is 0.719. The largest absolute Gasteiger partial charge is 0.192 e. The van der Waals surface area contributed by atoms with Crippen molar-refractivity contribution in [2.24, 2.45) is 0 Å². The van der Waals surface area contributed by atoms with E-state index in [0.29, 0.717) is 0 Å². The quantitative estimate of drug-likeness (QED) is 0.736. The van der Waals surface area contributed by atoms with Crippen LogP contribution in [0.4, 0.5) is 0 Å². The van der Waals surface area contributed by atoms with E-state index < -0.39 is 0 Å². The van der Waals surface area contributed by atoms with Crippen LogP contribution in [0.25, 0.3) is 0 Å². The third kappa shape index (κ3) is 5.38. The lowest BCUT2D eigenvalue weighted by Gasteiger charge is -1.92. The third-order valence-electron chi connectivity index (χ3n) is 2.36. The van der Waals surface area contributed by atoms with E-state index in [4.69, 9.17) is 10.5 Å². The van der Waals surface area contributed by atoms with Gasteiger partial charge in [-0.1, -0.05) is 40.2 Å². The van der Waals surface area contributed by atoms with Gasteiger partial charge in [-0.05, 0) is 42.3 Å². The van der Waals surface area contributed by atoms with Crippen LogP contribution in [0.1, 0.15) is 22.3 Å². The van der Waals surface area contributed by atoms with Crippen LogP contribution >= 0.6 is 15.9 Å². The Kier molecular flexibility index (Phi) is 6.36. The van der Waals surface area contributed by atoms with Crippen LogP contribution in [0.15, 0.2) is 48.5 Å². The molecular weight excluding hydrogens is 300 g/mol. The molecule has 19 heavy (non-hydrogen) atoms. The fraction of sp³-hybridized carbons (Fsp3) is 0.125. The Hall–Kier alpha value is -2.10. The average molecular weight is 313 g/mol. The number of nitrogens with zero attached hydrogens (tertiary/aromatic N) is 2. The molecule has 0 unspecified atom stereocenters. The maximum absolute atomic E-state index is 8.49. The summed E-state index contributed by atoms with van der Waals surface area (Å²) in [6.07, 6.45) is 0. The highest BCUT2D eigenvalue weighted by atomic mass is 79.9. The first kappa shape index (κ1) is 15.0. The van der Waals surface area contributed by atoms with Crippen LogP contribution in [-0.2, 0) is 5.33 Å². The van der Waals surface area contributed by atoms with Crippen molar-refractivity contribution in [3.63, 3.8) is 0 Å². The van der Waals surface area contributed by atoms with E-state index in [1.165, 1.54) is 0 Å². The van der Waals surface area contributed by atoms with Gasteiger partial charge in [0.1, 0.15) is 0 Å². The number of hydrogen-bond donors (Lipinski definition) is 0. The molecule has 94 valence electrons. The molecule has 0 radical (unpaired) electrons. The minimum Gasteiger partial charge on any atom is -0.192 e. The van der Waals surface area contributed by atoms with Crippen LogP contribution in [0.5, 0.6) is 0 Å². The topological polar surface area (TPSA) is 47.6 Å². The first-order chi connectivity index (χ1) is 9.19. The summed E-state index contributed by atoms with van der Waals surface area (Å²) in [6.45, 7) is 1.97. The van der Waals surface area contributed by atoms with Crippen molar-refractivity contribution in [2.45, 2.75) is 12.3 Å². The lowest BCUT2D eigenvalue weighted by atomic mass is 10.2. The molecule has 0 N–H and O–H groups in total. The summed E-state index contributed by atoms with van der Waals surface area (Å²) >= 11 is 3.31. The van der Waals surface area contributed by atoms with E-state index in [1.807, 2.05) is 43.3 Å². The molecule has 2 aromatic carbocycles. The molecule has 0 atom stereocenters. The Labute approximate surface area is 122 Å². The molecule has 2 aromatic rings. The fourth-order valence-corrected chi connectivity index (χ4v) is 1.79. The molecule has 2 nitrogen and oxygen atoms in total. The molecule has 0 saturated carbocycles. The summed E-state index contributed by atoms with van der Waals surface area (Å²) in [5, 5.41) is 17.7. The van der Waals surface area contributed by atoms with Crippen LogP contribution in [0.2, 0.25) is 0 Å². The maximum atomic E-state index is 8.49. The second kappa shape index (κ2) is 8.08. The van der Waals surface area contributed by atoms with Crippen molar-refractivity contribution in [1.29, 1.82) is 10.5 Å². The molecule has 0 saturated heterocycles. The van der Waals surface area contributed by atoms with Crippen molar-refractivity contribution >= 4 is 15.9 Å². The molecule has 0 aromatic heterocycles. The Balaban J connectivity index is 0.000000191. The fourth-order valence-electron chi connectivity index (χ4n) is 1.44. The zero-order valence-electron chi connectivity index (χ0n) is 10.6. The van der Waals surface area contributed by atoms with Crippen molar-refractivity contribution in [3.05, 3.63) is 70.8 Å². The SMILES string of the molecule is Cc1cccc(C#N)c1.N#Cc1cccc(CBr)c1. The summed E-state index contributed by atoms with van der Waals surface area (Å²) in [4.78, 5) is 0. The number of alkyl halides is 1. The van der Waals surface area contributed by atoms with Crippen LogP contribution in [0.3, 0.4) is 0 Å². The van der Waals surface area contributed by atoms with Gasteiger partial charge >= 0.3 is 0 Å². The Morgan fingerprint density at radius 2 is 1.53 bits per heavy atom. The van der Waals surface area contributed by atoms with Crippen molar-refractivity contribution in [2.75, 3.05) is 0 Å². The van der Waals surface area contributed by atoms with Gasteiger partial charge < -0.3 is 0 Å². The van der Waals surface area contributed by atoms with Crippen LogP contribution in [-0.4, -0.2) is 0 Å². The minimum absolute atomic E-state index is 0.719. The van der Waals surface area contributed by atoms with Gasteiger partial charge in [0.25, 0.3) is 0 Å². The lowest BCUT2D eigenvalue weighted by molar-refractivity contribution is 1.40. The van der Waals surface area contributed by atoms with Crippen LogP contribution < -0.4 is 0 Å². The van der Waals surface area contributed by atoms with Crippen molar-refractivity contribution in [3.8, 4) is 12.1 Å². The Morgan fingerprint density at radius 3 is 2.00 bits per heavy atom. The highest BCUT2D eigenvalue weighted by Gasteiger charge is 1.90. The van der Waals surface area contributed by atoms with E-state index in [2.05, 4.69) is 28.1 Å². The second-order valence-electron chi connectivity index (χ2n) is 3.93. The lowest BCUT2D eigenvalue weighted by Crippen LogP contribution is -1.78. The molecule has 0 amide bonds. The van der Waals surface area contributed by atoms with Gasteiger partial charge in [-0.15, -0.1) is 0 Å². The first-order valence-corrected chi connectivity index (χ1v) is 6.83. The molecule has 3 heteroatoms. The van der Waals surface area contributed by atoms with E-state index in [1.54, 1.807) is 12.1 Å². The number of nitriles is 2. The van der Waals surface area contributed by atoms with Gasteiger partial charge in [0, 0.05) is 5.33 Å². The van der Waals surface area contributed by atoms with Crippen LogP contribution in [0, 0.1) is 29.6 Å². The number of halogens is 1. The molecule has 0 aliphatic heterocycles. The van der Waals surface area contributed by atoms with Gasteiger partial charge in [0.15, 0.2) is 0 Å². The predicted octanol–water partition coefficient (Wildman–Crippen LogP) is 4.32. The number of benzene rings is 2. The smallest absolute Gasteiger partial charge is 0.0991 e. The van der Waals surface area contributed by atoms with E-state index in [0.717, 1.165) is 27.6 Å². The second-order valence-corrected chi connectivity index (χ2v) is 4.49. The molecule has 0 aliphatic rings. The summed E-state index contributed by atoms with van der Waals surface area (Å²) < 4.78 is 0. The van der Waals surface area contributed by atoms with Gasteiger partial charge in [-0.2, -0.15) is 10.5 Å². The Bertz CT molecular complexity index is 621. The molecule has 2 rings (SSSR count). The monoisotopic (exact) mass is 312 g/mol. The standard InChI is InChI=1S/C8H6BrN.C8H7N/c9-5-7-2-1-3-8(4-7)6-10;1-7-3-2-4-8(5-7)6-9/h1-4H,5H2;2-5H,1H3. The summed E-state index contributed by atoms with van der Waals surface area (Å²) in [5.41, 5.74) is 3.72. The highest BCUT2D eigenvalue weighted by molar-refractivity contribution is 9.08. The summed E-state index contributed by atoms with van der Waals surface area (Å²) in [5.74, 6) is 0. The van der Waals surface area contributed by atoms with E-state index in [-0.39, 0.29) is 0 Å². The zero-order valence-corrected chi connectivity index (χ0v) is 12.2. The maximum Gasteiger partial charge on any atom is 0.0991 e. The molecule has 0 bridgehead atoms. The molecule has 0 spiro atoms. The van der Waals surface area contributed by atoms with Crippen molar-refractivity contribution < 1.29 is 0 Å². The molecular formula is C16H13BrN2. The van der Waals surface area contributed by atoms with E-state index in [9.17, 15) is 0 Å². The van der Waals surface area contributed by atoms with Gasteiger partial charge in [-0.3, -0.25) is 0 Å². The van der Waals surface area contributed by atoms with Gasteiger partial charge in [0.05, 0.1) is 23.3 Å². The highest BCUT2D eigenvalue weighted by Crippen LogP contribution is 2.07. The molecule has 0 heterocycles. The molecule has 0 aliphatic carbocycles. The summed E-state index contributed by atoms with van der Waals surface area (Å²) in [7, 11) is 0. The van der Waals surface area contributed by atoms with Crippen molar-refractivity contribution in [1.82, 2.24) is 0 Å². The average Bonchev–Trinajstić information content (AvgIpc) is 2.48. The number of rotatable bonds is 1. The number of aryl methyl sites for hydroxylation is 1. The molecule has 0 fully saturated rings. The normalized spacial score (nSPS) is 8.63. The predicted molar refractivity (Wildman–Crippen MR) is 79.7 cm³/mol. The third-order valence-corrected chi connectivity index (χ3v) is 3.01. The Morgan fingerprint density at radius 1 is 0.947 bits per heavy atom. The van der Waals surface area contributed by atoms with Gasteiger partial charge in [0.2, 0.25) is 0 Å². The first-order valence-electron chi connectivity index (χ1n) is 5.71.